The number of rotatable bonds is 6. The maximum atomic E-state index is 12.1. The van der Waals surface area contributed by atoms with Crippen LogP contribution in [0.1, 0.15) is 43.5 Å². The second kappa shape index (κ2) is 6.90. The van der Waals surface area contributed by atoms with Gasteiger partial charge in [-0.2, -0.15) is 4.37 Å². The van der Waals surface area contributed by atoms with E-state index in [1.807, 2.05) is 13.8 Å². The number of aromatic nitrogens is 1. The minimum atomic E-state index is -0.175. The molecule has 1 fully saturated rings. The minimum Gasteiger partial charge on any atom is -0.382 e. The van der Waals surface area contributed by atoms with E-state index in [0.717, 1.165) is 37.4 Å². The lowest BCUT2D eigenvalue weighted by Gasteiger charge is -2.12. The molecule has 4 N–H and O–H groups in total. The first-order valence-electron chi connectivity index (χ1n) is 6.99. The Morgan fingerprint density at radius 3 is 3.05 bits per heavy atom. The first-order chi connectivity index (χ1) is 9.58. The number of amides is 1. The number of carbonyl (C=O) groups excluding carboxylic acids is 1. The van der Waals surface area contributed by atoms with E-state index in [-0.39, 0.29) is 17.8 Å². The smallest absolute Gasteiger partial charge is 0.258 e. The van der Waals surface area contributed by atoms with Gasteiger partial charge in [-0.1, -0.05) is 0 Å². The van der Waals surface area contributed by atoms with Crippen LogP contribution in [0.4, 0.5) is 10.8 Å². The zero-order valence-electron chi connectivity index (χ0n) is 11.9. The van der Waals surface area contributed by atoms with Gasteiger partial charge in [-0.15, -0.1) is 0 Å². The highest BCUT2D eigenvalue weighted by atomic mass is 32.1. The summed E-state index contributed by atoms with van der Waals surface area (Å²) in [5.41, 5.74) is 6.24. The molecule has 1 aromatic rings. The van der Waals surface area contributed by atoms with E-state index in [1.165, 1.54) is 11.5 Å². The van der Waals surface area contributed by atoms with Crippen molar-refractivity contribution in [1.29, 1.82) is 0 Å². The summed E-state index contributed by atoms with van der Waals surface area (Å²) in [5.74, 6) is 0.110. The van der Waals surface area contributed by atoms with Crippen molar-refractivity contribution < 1.29 is 9.53 Å². The highest BCUT2D eigenvalue weighted by Gasteiger charge is 2.20. The number of hydrogen-bond donors (Lipinski definition) is 3. The van der Waals surface area contributed by atoms with E-state index >= 15 is 0 Å². The van der Waals surface area contributed by atoms with E-state index in [4.69, 9.17) is 10.5 Å². The molecule has 1 aliphatic heterocycles. The predicted octanol–water partition coefficient (Wildman–Crippen LogP) is 1.84. The zero-order valence-corrected chi connectivity index (χ0v) is 12.8. The summed E-state index contributed by atoms with van der Waals surface area (Å²) < 4.78 is 9.63. The third-order valence-corrected chi connectivity index (χ3v) is 3.96. The second-order valence-electron chi connectivity index (χ2n) is 5.25. The van der Waals surface area contributed by atoms with Crippen LogP contribution in [0, 0.1) is 0 Å². The summed E-state index contributed by atoms with van der Waals surface area (Å²) in [6.45, 7) is 5.45. The summed E-state index contributed by atoms with van der Waals surface area (Å²) in [6.07, 6.45) is 3.52. The highest BCUT2D eigenvalue weighted by molar-refractivity contribution is 7.11. The molecule has 0 saturated carbocycles. The molecule has 2 rings (SSSR count). The number of hydrogen-bond acceptors (Lipinski definition) is 6. The predicted molar refractivity (Wildman–Crippen MR) is 81.2 cm³/mol. The molecule has 7 heteroatoms. The van der Waals surface area contributed by atoms with E-state index in [0.29, 0.717) is 11.7 Å². The van der Waals surface area contributed by atoms with Crippen molar-refractivity contribution in [3.05, 3.63) is 5.56 Å². The van der Waals surface area contributed by atoms with Gasteiger partial charge in [-0.05, 0) is 44.6 Å². The van der Waals surface area contributed by atoms with E-state index in [1.54, 1.807) is 0 Å². The molecule has 0 aliphatic carbocycles. The molecule has 1 saturated heterocycles. The molecule has 0 bridgehead atoms. The Morgan fingerprint density at radius 2 is 2.40 bits per heavy atom. The Bertz CT molecular complexity index is 455. The molecule has 2 heterocycles. The molecule has 0 spiro atoms. The Morgan fingerprint density at radius 1 is 1.60 bits per heavy atom. The minimum absolute atomic E-state index is 0.0709. The van der Waals surface area contributed by atoms with E-state index in [2.05, 4.69) is 15.0 Å². The number of ether oxygens (including phenoxy) is 1. The van der Waals surface area contributed by atoms with Gasteiger partial charge in [0.15, 0.2) is 5.82 Å². The van der Waals surface area contributed by atoms with Gasteiger partial charge in [-0.25, -0.2) is 0 Å². The molecule has 20 heavy (non-hydrogen) atoms. The van der Waals surface area contributed by atoms with Crippen molar-refractivity contribution in [3.8, 4) is 0 Å². The highest BCUT2D eigenvalue weighted by Crippen LogP contribution is 2.27. The monoisotopic (exact) mass is 298 g/mol. The summed E-state index contributed by atoms with van der Waals surface area (Å²) in [7, 11) is 0. The fraction of sp³-hybridized carbons (Fsp3) is 0.692. The zero-order chi connectivity index (χ0) is 14.5. The quantitative estimate of drug-likeness (QED) is 0.745. The van der Waals surface area contributed by atoms with E-state index in [9.17, 15) is 4.79 Å². The van der Waals surface area contributed by atoms with Gasteiger partial charge >= 0.3 is 0 Å². The lowest BCUT2D eigenvalue weighted by atomic mass is 10.2. The number of nitrogens with one attached hydrogen (secondary N) is 2. The van der Waals surface area contributed by atoms with Crippen LogP contribution in [0.2, 0.25) is 0 Å². The molecule has 1 atom stereocenters. The molecular weight excluding hydrogens is 276 g/mol. The Kier molecular flexibility index (Phi) is 5.19. The van der Waals surface area contributed by atoms with Crippen LogP contribution < -0.4 is 16.4 Å². The summed E-state index contributed by atoms with van der Waals surface area (Å²) in [6, 6.07) is 0.0709. The summed E-state index contributed by atoms with van der Waals surface area (Å²) in [4.78, 5) is 12.1. The Hall–Kier alpha value is -1.34. The largest absolute Gasteiger partial charge is 0.382 e. The number of carbonyl (C=O) groups is 1. The topological polar surface area (TPSA) is 89.3 Å². The third kappa shape index (κ3) is 3.83. The van der Waals surface area contributed by atoms with Crippen LogP contribution in [0.3, 0.4) is 0 Å². The average Bonchev–Trinajstić information content (AvgIpc) is 2.98. The van der Waals surface area contributed by atoms with Crippen molar-refractivity contribution in [3.63, 3.8) is 0 Å². The van der Waals surface area contributed by atoms with Crippen molar-refractivity contribution in [2.24, 2.45) is 0 Å². The Balaban J connectivity index is 1.92. The van der Waals surface area contributed by atoms with Crippen LogP contribution in [-0.2, 0) is 4.74 Å². The van der Waals surface area contributed by atoms with Gasteiger partial charge in [0.1, 0.15) is 10.6 Å². The first-order valence-corrected chi connectivity index (χ1v) is 7.76. The van der Waals surface area contributed by atoms with Crippen molar-refractivity contribution >= 4 is 28.3 Å². The van der Waals surface area contributed by atoms with Crippen LogP contribution in [0.15, 0.2) is 0 Å². The molecular formula is C13H22N4O2S. The molecule has 1 unspecified atom stereocenters. The molecule has 1 aliphatic rings. The van der Waals surface area contributed by atoms with Gasteiger partial charge < -0.3 is 21.1 Å². The molecule has 0 aromatic carbocycles. The first kappa shape index (κ1) is 15.1. The van der Waals surface area contributed by atoms with E-state index < -0.39 is 0 Å². The van der Waals surface area contributed by atoms with Gasteiger partial charge in [0, 0.05) is 19.2 Å². The van der Waals surface area contributed by atoms with Crippen molar-refractivity contribution in [2.75, 3.05) is 24.2 Å². The third-order valence-electron chi connectivity index (χ3n) is 3.14. The normalized spacial score (nSPS) is 18.4. The maximum Gasteiger partial charge on any atom is 0.258 e. The lowest BCUT2D eigenvalue weighted by molar-refractivity contribution is 0.0945. The standard InChI is InChI=1S/C13H22N4O2S/c1-8(2)16-12(18)10-11(14)17-20-13(10)15-6-5-9-4-3-7-19-9/h8-9,15H,3-7H2,1-2H3,(H2,14,17)(H,16,18). The van der Waals surface area contributed by atoms with Gasteiger partial charge in [0.25, 0.3) is 5.91 Å². The molecule has 0 radical (unpaired) electrons. The molecule has 1 aromatic heterocycles. The van der Waals surface area contributed by atoms with Crippen LogP contribution in [0.25, 0.3) is 0 Å². The molecule has 1 amide bonds. The van der Waals surface area contributed by atoms with Gasteiger partial charge in [0.2, 0.25) is 0 Å². The number of nitrogens with zero attached hydrogens (tertiary/aromatic N) is 1. The SMILES string of the molecule is CC(C)NC(=O)c1c(N)nsc1NCCC1CCCO1. The maximum absolute atomic E-state index is 12.1. The average molecular weight is 298 g/mol. The summed E-state index contributed by atoms with van der Waals surface area (Å²) >= 11 is 1.23. The van der Waals surface area contributed by atoms with Gasteiger partial charge in [-0.3, -0.25) is 4.79 Å². The van der Waals surface area contributed by atoms with Crippen LogP contribution in [-0.4, -0.2) is 35.6 Å². The fourth-order valence-corrected chi connectivity index (χ4v) is 2.93. The van der Waals surface area contributed by atoms with Crippen LogP contribution in [0.5, 0.6) is 0 Å². The lowest BCUT2D eigenvalue weighted by Crippen LogP contribution is -2.31. The fourth-order valence-electron chi connectivity index (χ4n) is 2.20. The van der Waals surface area contributed by atoms with Crippen molar-refractivity contribution in [1.82, 2.24) is 9.69 Å². The van der Waals surface area contributed by atoms with Gasteiger partial charge in [0.05, 0.1) is 6.10 Å². The summed E-state index contributed by atoms with van der Waals surface area (Å²) in [5, 5.41) is 6.83. The molecule has 112 valence electrons. The second-order valence-corrected chi connectivity index (χ2v) is 6.02. The number of nitrogens with two attached hydrogens (primary N) is 1. The Labute approximate surface area is 123 Å². The molecule has 6 nitrogen and oxygen atoms in total. The number of anilines is 2. The van der Waals surface area contributed by atoms with Crippen LogP contribution >= 0.6 is 11.5 Å². The number of nitrogen functional groups attached to an aromatic ring is 1. The van der Waals surface area contributed by atoms with Crippen molar-refractivity contribution in [2.45, 2.75) is 45.3 Å².